The van der Waals surface area contributed by atoms with Crippen LogP contribution in [0.2, 0.25) is 0 Å². The van der Waals surface area contributed by atoms with Crippen molar-refractivity contribution in [2.24, 2.45) is 0 Å². The van der Waals surface area contributed by atoms with Crippen LogP contribution in [0.25, 0.3) is 10.9 Å². The third-order valence-electron chi connectivity index (χ3n) is 3.40. The number of nitrogens with one attached hydrogen (secondary N) is 2. The van der Waals surface area contributed by atoms with E-state index in [4.69, 9.17) is 0 Å². The first-order valence-electron chi connectivity index (χ1n) is 7.21. The van der Waals surface area contributed by atoms with Crippen LogP contribution in [0.1, 0.15) is 32.3 Å². The molecule has 0 aliphatic heterocycles. The minimum atomic E-state index is 0.0753. The number of allylic oxidation sites excluding steroid dienone is 1. The van der Waals surface area contributed by atoms with Gasteiger partial charge in [-0.1, -0.05) is 43.7 Å². The Hall–Kier alpha value is -2.03. The van der Waals surface area contributed by atoms with E-state index in [2.05, 4.69) is 23.3 Å². The number of hydrogen-bond acceptors (Lipinski definition) is 1. The van der Waals surface area contributed by atoms with Crippen LogP contribution in [-0.2, 0) is 11.2 Å². The molecule has 1 aromatic carbocycles. The highest BCUT2D eigenvalue weighted by Gasteiger charge is 2.11. The minimum absolute atomic E-state index is 0.0753. The van der Waals surface area contributed by atoms with Gasteiger partial charge >= 0.3 is 0 Å². The van der Waals surface area contributed by atoms with Crippen LogP contribution in [0.5, 0.6) is 0 Å². The Morgan fingerprint density at radius 1 is 1.40 bits per heavy atom. The van der Waals surface area contributed by atoms with Gasteiger partial charge in [-0.2, -0.15) is 0 Å². The Bertz CT molecular complexity index is 598. The standard InChI is InChI=1S/C17H22N2O/c1-3-7-14(8-4-2)19-17(20)11-13-12-18-16-10-6-5-9-15(13)16/h3,5-7,9-10,12,14,18H,4,8,11H2,1-2H3,(H,19,20)/b7-3-. The van der Waals surface area contributed by atoms with E-state index < -0.39 is 0 Å². The van der Waals surface area contributed by atoms with Crippen molar-refractivity contribution in [3.63, 3.8) is 0 Å². The number of para-hydroxylation sites is 1. The predicted molar refractivity (Wildman–Crippen MR) is 83.7 cm³/mol. The number of hydrogen-bond donors (Lipinski definition) is 2. The van der Waals surface area contributed by atoms with E-state index in [9.17, 15) is 4.79 Å². The fourth-order valence-electron chi connectivity index (χ4n) is 2.47. The highest BCUT2D eigenvalue weighted by molar-refractivity contribution is 5.88. The molecule has 1 amide bonds. The number of aromatic nitrogens is 1. The molecule has 1 aromatic heterocycles. The zero-order valence-electron chi connectivity index (χ0n) is 12.1. The minimum Gasteiger partial charge on any atom is -0.361 e. The van der Waals surface area contributed by atoms with Crippen molar-refractivity contribution in [2.75, 3.05) is 0 Å². The zero-order chi connectivity index (χ0) is 14.4. The lowest BCUT2D eigenvalue weighted by Gasteiger charge is -2.13. The summed E-state index contributed by atoms with van der Waals surface area (Å²) in [7, 11) is 0. The summed E-state index contributed by atoms with van der Waals surface area (Å²) in [4.78, 5) is 15.4. The van der Waals surface area contributed by atoms with Crippen LogP contribution in [-0.4, -0.2) is 16.9 Å². The molecule has 3 nitrogen and oxygen atoms in total. The molecular formula is C17H22N2O. The van der Waals surface area contributed by atoms with Crippen molar-refractivity contribution in [1.29, 1.82) is 0 Å². The van der Waals surface area contributed by atoms with E-state index >= 15 is 0 Å². The van der Waals surface area contributed by atoms with E-state index in [0.717, 1.165) is 29.3 Å². The normalized spacial score (nSPS) is 12.9. The topological polar surface area (TPSA) is 44.9 Å². The van der Waals surface area contributed by atoms with Gasteiger partial charge in [0, 0.05) is 23.1 Å². The molecule has 2 aromatic rings. The number of rotatable bonds is 6. The van der Waals surface area contributed by atoms with Crippen molar-refractivity contribution in [2.45, 2.75) is 39.2 Å². The summed E-state index contributed by atoms with van der Waals surface area (Å²) in [5, 5.41) is 4.21. The predicted octanol–water partition coefficient (Wildman–Crippen LogP) is 3.57. The summed E-state index contributed by atoms with van der Waals surface area (Å²) in [6.45, 7) is 4.11. The number of amides is 1. The molecule has 106 valence electrons. The Morgan fingerprint density at radius 2 is 2.20 bits per heavy atom. The molecule has 1 heterocycles. The average molecular weight is 270 g/mol. The smallest absolute Gasteiger partial charge is 0.224 e. The number of carbonyl (C=O) groups excluding carboxylic acids is 1. The van der Waals surface area contributed by atoms with E-state index in [-0.39, 0.29) is 11.9 Å². The number of benzene rings is 1. The molecule has 20 heavy (non-hydrogen) atoms. The van der Waals surface area contributed by atoms with Crippen molar-refractivity contribution in [1.82, 2.24) is 10.3 Å². The van der Waals surface area contributed by atoms with E-state index in [1.54, 1.807) is 0 Å². The fourth-order valence-corrected chi connectivity index (χ4v) is 2.47. The van der Waals surface area contributed by atoms with Crippen molar-refractivity contribution >= 4 is 16.8 Å². The molecule has 0 spiro atoms. The molecule has 0 bridgehead atoms. The molecule has 0 fully saturated rings. The van der Waals surface area contributed by atoms with Crippen LogP contribution in [0.3, 0.4) is 0 Å². The van der Waals surface area contributed by atoms with Crippen LogP contribution < -0.4 is 5.32 Å². The lowest BCUT2D eigenvalue weighted by atomic mass is 10.1. The summed E-state index contributed by atoms with van der Waals surface area (Å²) in [6, 6.07) is 8.20. The van der Waals surface area contributed by atoms with Gasteiger partial charge in [-0.25, -0.2) is 0 Å². The Labute approximate surface area is 120 Å². The highest BCUT2D eigenvalue weighted by Crippen LogP contribution is 2.18. The van der Waals surface area contributed by atoms with E-state index in [1.807, 2.05) is 43.5 Å². The SMILES string of the molecule is C/C=C\C(CCC)NC(=O)Cc1c[nH]c2ccccc12. The summed E-state index contributed by atoms with van der Waals surface area (Å²) >= 11 is 0. The van der Waals surface area contributed by atoms with Crippen LogP contribution in [0.15, 0.2) is 42.6 Å². The number of aromatic amines is 1. The molecule has 2 rings (SSSR count). The molecule has 0 aliphatic carbocycles. The molecule has 0 saturated carbocycles. The largest absolute Gasteiger partial charge is 0.361 e. The van der Waals surface area contributed by atoms with Gasteiger partial charge in [-0.05, 0) is 25.0 Å². The highest BCUT2D eigenvalue weighted by atomic mass is 16.1. The molecule has 3 heteroatoms. The second kappa shape index (κ2) is 6.94. The van der Waals surface area contributed by atoms with E-state index in [0.29, 0.717) is 6.42 Å². The van der Waals surface area contributed by atoms with Gasteiger partial charge < -0.3 is 10.3 Å². The van der Waals surface area contributed by atoms with E-state index in [1.165, 1.54) is 0 Å². The van der Waals surface area contributed by atoms with Crippen molar-refractivity contribution in [3.8, 4) is 0 Å². The Morgan fingerprint density at radius 3 is 2.95 bits per heavy atom. The zero-order valence-corrected chi connectivity index (χ0v) is 12.1. The molecular weight excluding hydrogens is 248 g/mol. The summed E-state index contributed by atoms with van der Waals surface area (Å²) < 4.78 is 0. The lowest BCUT2D eigenvalue weighted by molar-refractivity contribution is -0.120. The van der Waals surface area contributed by atoms with Gasteiger partial charge in [0.05, 0.1) is 6.42 Å². The lowest BCUT2D eigenvalue weighted by Crippen LogP contribution is -2.34. The molecule has 0 radical (unpaired) electrons. The molecule has 0 saturated heterocycles. The number of fused-ring (bicyclic) bond motifs is 1. The van der Waals surface area contributed by atoms with Gasteiger partial charge in [0.25, 0.3) is 0 Å². The fraction of sp³-hybridized carbons (Fsp3) is 0.353. The third-order valence-corrected chi connectivity index (χ3v) is 3.40. The van der Waals surface area contributed by atoms with Crippen LogP contribution in [0.4, 0.5) is 0 Å². The molecule has 2 N–H and O–H groups in total. The first-order chi connectivity index (χ1) is 9.74. The van der Waals surface area contributed by atoms with Crippen molar-refractivity contribution < 1.29 is 4.79 Å². The number of carbonyl (C=O) groups is 1. The summed E-state index contributed by atoms with van der Waals surface area (Å²) in [6.07, 6.45) is 8.42. The molecule has 1 unspecified atom stereocenters. The van der Waals surface area contributed by atoms with Gasteiger partial charge in [0.2, 0.25) is 5.91 Å². The summed E-state index contributed by atoms with van der Waals surface area (Å²) in [5.74, 6) is 0.0753. The maximum Gasteiger partial charge on any atom is 0.224 e. The quantitative estimate of drug-likeness (QED) is 0.774. The number of H-pyrrole nitrogens is 1. The average Bonchev–Trinajstić information content (AvgIpc) is 2.83. The van der Waals surface area contributed by atoms with Crippen LogP contribution in [0, 0.1) is 0 Å². The first kappa shape index (κ1) is 14.4. The molecule has 0 aliphatic rings. The van der Waals surface area contributed by atoms with Crippen molar-refractivity contribution in [3.05, 3.63) is 48.2 Å². The summed E-state index contributed by atoms with van der Waals surface area (Å²) in [5.41, 5.74) is 2.13. The van der Waals surface area contributed by atoms with Gasteiger partial charge in [0.15, 0.2) is 0 Å². The maximum absolute atomic E-state index is 12.2. The monoisotopic (exact) mass is 270 g/mol. The molecule has 1 atom stereocenters. The third kappa shape index (κ3) is 3.50. The second-order valence-corrected chi connectivity index (χ2v) is 5.02. The Kier molecular flexibility index (Phi) is 4.99. The maximum atomic E-state index is 12.2. The van der Waals surface area contributed by atoms with Crippen LogP contribution >= 0.6 is 0 Å². The van der Waals surface area contributed by atoms with Gasteiger partial charge in [-0.15, -0.1) is 0 Å². The van der Waals surface area contributed by atoms with Gasteiger partial charge in [0.1, 0.15) is 0 Å². The Balaban J connectivity index is 2.04. The second-order valence-electron chi connectivity index (χ2n) is 5.02. The van der Waals surface area contributed by atoms with Gasteiger partial charge in [-0.3, -0.25) is 4.79 Å². The first-order valence-corrected chi connectivity index (χ1v) is 7.21.